The third kappa shape index (κ3) is 2.53. The van der Waals surface area contributed by atoms with Gasteiger partial charge in [0, 0.05) is 6.20 Å². The first-order valence-corrected chi connectivity index (χ1v) is 4.69. The van der Waals surface area contributed by atoms with Gasteiger partial charge in [-0.3, -0.25) is 9.78 Å². The molecule has 0 unspecified atom stereocenters. The summed E-state index contributed by atoms with van der Waals surface area (Å²) in [4.78, 5) is 15.1. The maximum absolute atomic E-state index is 11.2. The first kappa shape index (κ1) is 11.2. The van der Waals surface area contributed by atoms with E-state index in [1.54, 1.807) is 18.3 Å². The van der Waals surface area contributed by atoms with Crippen LogP contribution in [0.3, 0.4) is 0 Å². The zero-order valence-corrected chi connectivity index (χ0v) is 8.57. The zero-order chi connectivity index (χ0) is 11.3. The van der Waals surface area contributed by atoms with Crippen molar-refractivity contribution in [2.75, 3.05) is 0 Å². The Labute approximate surface area is 89.3 Å². The molecule has 0 fully saturated rings. The smallest absolute Gasteiger partial charge is 0.267 e. The van der Waals surface area contributed by atoms with Crippen molar-refractivity contribution in [2.45, 2.75) is 12.8 Å². The standard InChI is InChI=1S/C12H14N2O/c1-3-5-9-7-8-14-11(12(13)15)10(9)6-4-2/h3-4,7-8H,1-2,5-6H2,(H2,13,15). The van der Waals surface area contributed by atoms with E-state index in [2.05, 4.69) is 18.1 Å². The molecule has 0 atom stereocenters. The van der Waals surface area contributed by atoms with Crippen LogP contribution in [0.25, 0.3) is 0 Å². The van der Waals surface area contributed by atoms with Gasteiger partial charge in [0.25, 0.3) is 5.91 Å². The highest BCUT2D eigenvalue weighted by Crippen LogP contribution is 2.14. The molecule has 1 rings (SSSR count). The predicted octanol–water partition coefficient (Wildman–Crippen LogP) is 1.64. The monoisotopic (exact) mass is 202 g/mol. The van der Waals surface area contributed by atoms with Crippen molar-refractivity contribution in [2.24, 2.45) is 5.73 Å². The van der Waals surface area contributed by atoms with E-state index in [9.17, 15) is 4.79 Å². The van der Waals surface area contributed by atoms with Crippen LogP contribution in [0.15, 0.2) is 37.6 Å². The highest BCUT2D eigenvalue weighted by molar-refractivity contribution is 5.92. The Kier molecular flexibility index (Phi) is 3.80. The van der Waals surface area contributed by atoms with Crippen molar-refractivity contribution >= 4 is 5.91 Å². The molecule has 1 aromatic heterocycles. The second-order valence-electron chi connectivity index (χ2n) is 3.15. The molecular weight excluding hydrogens is 188 g/mol. The molecule has 0 aromatic carbocycles. The van der Waals surface area contributed by atoms with Crippen molar-refractivity contribution in [3.05, 3.63) is 54.4 Å². The first-order chi connectivity index (χ1) is 7.20. The largest absolute Gasteiger partial charge is 0.364 e. The molecule has 0 spiro atoms. The van der Waals surface area contributed by atoms with Gasteiger partial charge in [0.2, 0.25) is 0 Å². The summed E-state index contributed by atoms with van der Waals surface area (Å²) in [6.07, 6.45) is 6.40. The maximum atomic E-state index is 11.2. The topological polar surface area (TPSA) is 56.0 Å². The number of hydrogen-bond acceptors (Lipinski definition) is 2. The van der Waals surface area contributed by atoms with E-state index in [0.29, 0.717) is 18.5 Å². The number of amides is 1. The zero-order valence-electron chi connectivity index (χ0n) is 8.57. The summed E-state index contributed by atoms with van der Waals surface area (Å²) < 4.78 is 0. The maximum Gasteiger partial charge on any atom is 0.267 e. The van der Waals surface area contributed by atoms with Crippen molar-refractivity contribution < 1.29 is 4.79 Å². The van der Waals surface area contributed by atoms with Gasteiger partial charge in [-0.2, -0.15) is 0 Å². The molecule has 3 nitrogen and oxygen atoms in total. The first-order valence-electron chi connectivity index (χ1n) is 4.69. The van der Waals surface area contributed by atoms with Gasteiger partial charge in [0.1, 0.15) is 5.69 Å². The SMILES string of the molecule is C=CCc1ccnc(C(N)=O)c1CC=C. The molecule has 0 aliphatic heterocycles. The number of carbonyl (C=O) groups is 1. The molecule has 1 aromatic rings. The number of rotatable bonds is 5. The summed E-state index contributed by atoms with van der Waals surface area (Å²) in [5.74, 6) is -0.502. The molecular formula is C12H14N2O. The van der Waals surface area contributed by atoms with Gasteiger partial charge in [-0.25, -0.2) is 0 Å². The van der Waals surface area contributed by atoms with Gasteiger partial charge in [0.05, 0.1) is 0 Å². The average Bonchev–Trinajstić information content (AvgIpc) is 2.21. The van der Waals surface area contributed by atoms with Crippen LogP contribution in [0.5, 0.6) is 0 Å². The number of allylic oxidation sites excluding steroid dienone is 2. The third-order valence-electron chi connectivity index (χ3n) is 2.10. The van der Waals surface area contributed by atoms with Crippen LogP contribution in [0.2, 0.25) is 0 Å². The predicted molar refractivity (Wildman–Crippen MR) is 60.6 cm³/mol. The molecule has 1 heterocycles. The molecule has 15 heavy (non-hydrogen) atoms. The van der Waals surface area contributed by atoms with Crippen LogP contribution in [0.4, 0.5) is 0 Å². The van der Waals surface area contributed by atoms with Crippen LogP contribution < -0.4 is 5.73 Å². The van der Waals surface area contributed by atoms with Crippen LogP contribution in [-0.2, 0) is 12.8 Å². The lowest BCUT2D eigenvalue weighted by Crippen LogP contribution is -2.17. The number of carbonyl (C=O) groups excluding carboxylic acids is 1. The number of nitrogens with zero attached hydrogens (tertiary/aromatic N) is 1. The van der Waals surface area contributed by atoms with E-state index in [1.807, 2.05) is 6.07 Å². The average molecular weight is 202 g/mol. The molecule has 2 N–H and O–H groups in total. The van der Waals surface area contributed by atoms with Crippen LogP contribution in [-0.4, -0.2) is 10.9 Å². The Morgan fingerprint density at radius 3 is 2.60 bits per heavy atom. The van der Waals surface area contributed by atoms with Crippen molar-refractivity contribution in [3.63, 3.8) is 0 Å². The molecule has 0 saturated carbocycles. The van der Waals surface area contributed by atoms with E-state index < -0.39 is 5.91 Å². The fourth-order valence-electron chi connectivity index (χ4n) is 1.46. The molecule has 0 saturated heterocycles. The van der Waals surface area contributed by atoms with E-state index >= 15 is 0 Å². The number of aromatic nitrogens is 1. The summed E-state index contributed by atoms with van der Waals surface area (Å²) in [5.41, 5.74) is 7.45. The molecule has 78 valence electrons. The molecule has 3 heteroatoms. The van der Waals surface area contributed by atoms with E-state index in [0.717, 1.165) is 11.1 Å². The van der Waals surface area contributed by atoms with Crippen molar-refractivity contribution in [1.82, 2.24) is 4.98 Å². The second kappa shape index (κ2) is 5.10. The molecule has 0 radical (unpaired) electrons. The third-order valence-corrected chi connectivity index (χ3v) is 2.10. The highest BCUT2D eigenvalue weighted by Gasteiger charge is 2.11. The lowest BCUT2D eigenvalue weighted by Gasteiger charge is -2.08. The number of nitrogens with two attached hydrogens (primary N) is 1. The van der Waals surface area contributed by atoms with Crippen LogP contribution in [0, 0.1) is 0 Å². The fourth-order valence-corrected chi connectivity index (χ4v) is 1.46. The van der Waals surface area contributed by atoms with E-state index in [1.165, 1.54) is 0 Å². The van der Waals surface area contributed by atoms with Gasteiger partial charge >= 0.3 is 0 Å². The minimum Gasteiger partial charge on any atom is -0.364 e. The molecule has 0 bridgehead atoms. The van der Waals surface area contributed by atoms with Gasteiger partial charge in [-0.15, -0.1) is 13.2 Å². The van der Waals surface area contributed by atoms with E-state index in [-0.39, 0.29) is 0 Å². The number of primary amides is 1. The summed E-state index contributed by atoms with van der Waals surface area (Å²) in [6, 6.07) is 1.87. The Balaban J connectivity index is 3.26. The Bertz CT molecular complexity index is 397. The Morgan fingerprint density at radius 1 is 1.40 bits per heavy atom. The minimum absolute atomic E-state index is 0.328. The number of pyridine rings is 1. The lowest BCUT2D eigenvalue weighted by molar-refractivity contribution is 0.0994. The lowest BCUT2D eigenvalue weighted by atomic mass is 10.0. The minimum atomic E-state index is -0.502. The summed E-state index contributed by atoms with van der Waals surface area (Å²) in [7, 11) is 0. The van der Waals surface area contributed by atoms with Gasteiger partial charge < -0.3 is 5.73 Å². The van der Waals surface area contributed by atoms with Gasteiger partial charge in [0.15, 0.2) is 0 Å². The van der Waals surface area contributed by atoms with Crippen molar-refractivity contribution in [1.29, 1.82) is 0 Å². The highest BCUT2D eigenvalue weighted by atomic mass is 16.1. The summed E-state index contributed by atoms with van der Waals surface area (Å²) in [6.45, 7) is 7.32. The van der Waals surface area contributed by atoms with Crippen molar-refractivity contribution in [3.8, 4) is 0 Å². The van der Waals surface area contributed by atoms with Crippen LogP contribution in [0.1, 0.15) is 21.6 Å². The Hall–Kier alpha value is -1.90. The normalized spacial score (nSPS) is 9.60. The summed E-state index contributed by atoms with van der Waals surface area (Å²) >= 11 is 0. The van der Waals surface area contributed by atoms with Gasteiger partial charge in [-0.05, 0) is 30.0 Å². The molecule has 0 aliphatic carbocycles. The van der Waals surface area contributed by atoms with Crippen LogP contribution >= 0.6 is 0 Å². The quantitative estimate of drug-likeness (QED) is 0.738. The van der Waals surface area contributed by atoms with E-state index in [4.69, 9.17) is 5.73 Å². The number of hydrogen-bond donors (Lipinski definition) is 1. The molecule has 0 aliphatic rings. The second-order valence-corrected chi connectivity index (χ2v) is 3.15. The Morgan fingerprint density at radius 2 is 2.07 bits per heavy atom. The summed E-state index contributed by atoms with van der Waals surface area (Å²) in [5, 5.41) is 0. The van der Waals surface area contributed by atoms with Gasteiger partial charge in [-0.1, -0.05) is 12.2 Å². The fraction of sp³-hybridized carbons (Fsp3) is 0.167. The molecule has 1 amide bonds.